The summed E-state index contributed by atoms with van der Waals surface area (Å²) in [6.07, 6.45) is 13.2. The van der Waals surface area contributed by atoms with Crippen molar-refractivity contribution >= 4 is 16.3 Å². The van der Waals surface area contributed by atoms with E-state index < -0.39 is 0 Å². The second-order valence-electron chi connectivity index (χ2n) is 3.81. The monoisotopic (exact) mass is 166 g/mol. The molecule has 1 heteroatoms. The molecule has 0 bridgehead atoms. The van der Waals surface area contributed by atoms with Gasteiger partial charge in [-0.25, -0.2) is 0 Å². The van der Waals surface area contributed by atoms with E-state index in [2.05, 4.69) is 16.3 Å². The molecule has 0 aromatic carbocycles. The van der Waals surface area contributed by atoms with Gasteiger partial charge in [0.25, 0.3) is 0 Å². The number of hydrogen-bond donors (Lipinski definition) is 0. The first-order chi connectivity index (χ1) is 5.39. The van der Waals surface area contributed by atoms with Crippen LogP contribution >= 0.6 is 0 Å². The van der Waals surface area contributed by atoms with Gasteiger partial charge in [0.15, 0.2) is 0 Å². The van der Waals surface area contributed by atoms with Crippen molar-refractivity contribution in [3.63, 3.8) is 0 Å². The Labute approximate surface area is 79.2 Å². The average molecular weight is 166 g/mol. The molecule has 0 aromatic rings. The van der Waals surface area contributed by atoms with Gasteiger partial charge in [0, 0.05) is 0 Å². The van der Waals surface area contributed by atoms with Gasteiger partial charge in [0.2, 0.25) is 0 Å². The summed E-state index contributed by atoms with van der Waals surface area (Å²) in [6.45, 7) is 0. The minimum absolute atomic E-state index is 0.924. The van der Waals surface area contributed by atoms with E-state index in [4.69, 9.17) is 0 Å². The molecule has 0 spiro atoms. The molecular weight excluding hydrogens is 147 g/mol. The molecule has 1 saturated carbocycles. The molecule has 0 unspecified atom stereocenters. The Morgan fingerprint density at radius 2 is 1.00 bits per heavy atom. The maximum atomic E-state index is 3.00. The molecule has 1 aliphatic rings. The van der Waals surface area contributed by atoms with Crippen LogP contribution in [0.3, 0.4) is 0 Å². The van der Waals surface area contributed by atoms with Crippen molar-refractivity contribution in [2.24, 2.45) is 0 Å². The van der Waals surface area contributed by atoms with Gasteiger partial charge in [0.05, 0.1) is 0 Å². The SMILES string of the molecule is [Al+2][CH]1CCCCCCCCC1. The summed E-state index contributed by atoms with van der Waals surface area (Å²) in [5.74, 6) is 0. The summed E-state index contributed by atoms with van der Waals surface area (Å²) in [6, 6.07) is 0. The summed E-state index contributed by atoms with van der Waals surface area (Å²) < 4.78 is 0.924. The summed E-state index contributed by atoms with van der Waals surface area (Å²) in [7, 11) is 0. The van der Waals surface area contributed by atoms with E-state index >= 15 is 0 Å². The first-order valence-electron chi connectivity index (χ1n) is 5.15. The van der Waals surface area contributed by atoms with Crippen molar-refractivity contribution in [2.75, 3.05) is 0 Å². The van der Waals surface area contributed by atoms with Gasteiger partial charge in [-0.2, -0.15) is 0 Å². The third-order valence-corrected chi connectivity index (χ3v) is 3.32. The zero-order chi connectivity index (χ0) is 7.94. The number of rotatable bonds is 0. The Hall–Kier alpha value is 0.532. The van der Waals surface area contributed by atoms with Crippen molar-refractivity contribution in [1.29, 1.82) is 0 Å². The Kier molecular flexibility index (Phi) is 5.33. The van der Waals surface area contributed by atoms with Crippen LogP contribution in [0.25, 0.3) is 0 Å². The van der Waals surface area contributed by atoms with Crippen LogP contribution in [0.4, 0.5) is 0 Å². The van der Waals surface area contributed by atoms with Crippen LogP contribution in [-0.2, 0) is 0 Å². The van der Waals surface area contributed by atoms with Crippen molar-refractivity contribution in [3.05, 3.63) is 0 Å². The van der Waals surface area contributed by atoms with Gasteiger partial charge in [-0.15, -0.1) is 0 Å². The molecular formula is C10H19Al+2. The van der Waals surface area contributed by atoms with Gasteiger partial charge in [-0.3, -0.25) is 0 Å². The van der Waals surface area contributed by atoms with Gasteiger partial charge < -0.3 is 0 Å². The third-order valence-electron chi connectivity index (χ3n) is 2.65. The molecule has 0 saturated heterocycles. The van der Waals surface area contributed by atoms with E-state index in [9.17, 15) is 0 Å². The second-order valence-corrected chi connectivity index (χ2v) is 4.76. The summed E-state index contributed by atoms with van der Waals surface area (Å²) in [5.41, 5.74) is 0. The molecule has 0 N–H and O–H groups in total. The number of hydrogen-bond acceptors (Lipinski definition) is 0. The van der Waals surface area contributed by atoms with Gasteiger partial charge in [-0.05, 0) is 0 Å². The average Bonchev–Trinajstić information content (AvgIpc) is 2.03. The van der Waals surface area contributed by atoms with Crippen molar-refractivity contribution in [2.45, 2.75) is 62.6 Å². The molecule has 1 fully saturated rings. The van der Waals surface area contributed by atoms with Crippen LogP contribution in [0.15, 0.2) is 0 Å². The minimum atomic E-state index is 0.924. The maximum absolute atomic E-state index is 3.00. The fourth-order valence-corrected chi connectivity index (χ4v) is 2.31. The van der Waals surface area contributed by atoms with Crippen molar-refractivity contribution < 1.29 is 0 Å². The van der Waals surface area contributed by atoms with Gasteiger partial charge >= 0.3 is 78.9 Å². The van der Waals surface area contributed by atoms with E-state index in [0.717, 1.165) is 4.78 Å². The van der Waals surface area contributed by atoms with Crippen molar-refractivity contribution in [1.82, 2.24) is 0 Å². The fourth-order valence-electron chi connectivity index (χ4n) is 1.84. The third kappa shape index (κ3) is 4.88. The molecule has 0 heterocycles. The van der Waals surface area contributed by atoms with Crippen LogP contribution in [0.5, 0.6) is 0 Å². The predicted molar refractivity (Wildman–Crippen MR) is 51.1 cm³/mol. The van der Waals surface area contributed by atoms with Gasteiger partial charge in [0.1, 0.15) is 0 Å². The molecule has 1 aliphatic carbocycles. The molecule has 11 heavy (non-hydrogen) atoms. The summed E-state index contributed by atoms with van der Waals surface area (Å²) in [5, 5.41) is 0. The van der Waals surface area contributed by atoms with E-state index in [0.29, 0.717) is 0 Å². The van der Waals surface area contributed by atoms with Crippen LogP contribution in [0.1, 0.15) is 57.8 Å². The van der Waals surface area contributed by atoms with E-state index in [1.54, 1.807) is 0 Å². The van der Waals surface area contributed by atoms with Crippen molar-refractivity contribution in [3.8, 4) is 0 Å². The predicted octanol–water partition coefficient (Wildman–Crippen LogP) is 3.47. The molecule has 0 nitrogen and oxygen atoms in total. The molecule has 60 valence electrons. The Morgan fingerprint density at radius 1 is 0.636 bits per heavy atom. The first-order valence-corrected chi connectivity index (χ1v) is 5.82. The first kappa shape index (κ1) is 9.62. The normalized spacial score (nSPS) is 24.9. The van der Waals surface area contributed by atoms with E-state index in [1.807, 2.05) is 0 Å². The standard InChI is InChI=1S/C10H19.Al/c1-2-4-6-8-10-9-7-5-3-1;/h1H,2-10H2;/q;+2. The molecule has 0 atom stereocenters. The molecule has 0 radical (unpaired) electrons. The summed E-state index contributed by atoms with van der Waals surface area (Å²) >= 11 is 3.00. The molecule has 0 aliphatic heterocycles. The van der Waals surface area contributed by atoms with Crippen LogP contribution < -0.4 is 0 Å². The second kappa shape index (κ2) is 6.09. The van der Waals surface area contributed by atoms with E-state index in [-0.39, 0.29) is 0 Å². The Balaban J connectivity index is 2.12. The molecule has 1 rings (SSSR count). The van der Waals surface area contributed by atoms with Crippen LogP contribution in [0.2, 0.25) is 4.78 Å². The zero-order valence-corrected chi connectivity index (χ0v) is 8.67. The Bertz CT molecular complexity index is 80.9. The van der Waals surface area contributed by atoms with Crippen LogP contribution in [-0.4, -0.2) is 16.3 Å². The fraction of sp³-hybridized carbons (Fsp3) is 1.00. The zero-order valence-electron chi connectivity index (χ0n) is 7.52. The Morgan fingerprint density at radius 3 is 1.45 bits per heavy atom. The summed E-state index contributed by atoms with van der Waals surface area (Å²) in [4.78, 5) is 0. The molecule has 0 amide bonds. The van der Waals surface area contributed by atoms with Crippen LogP contribution in [0, 0.1) is 0 Å². The quantitative estimate of drug-likeness (QED) is 0.483. The molecule has 0 aromatic heterocycles. The topological polar surface area (TPSA) is 0 Å². The van der Waals surface area contributed by atoms with Gasteiger partial charge in [-0.1, -0.05) is 0 Å². The van der Waals surface area contributed by atoms with E-state index in [1.165, 1.54) is 57.8 Å².